The minimum absolute atomic E-state index is 0.0452. The van der Waals surface area contributed by atoms with Crippen LogP contribution in [0.25, 0.3) is 28.0 Å². The molecule has 1 aromatic carbocycles. The Labute approximate surface area is 258 Å². The number of anilines is 2. The van der Waals surface area contributed by atoms with E-state index in [4.69, 9.17) is 4.98 Å². The highest BCUT2D eigenvalue weighted by Gasteiger charge is 2.34. The van der Waals surface area contributed by atoms with Crippen molar-refractivity contribution < 1.29 is 13.6 Å². The zero-order valence-electron chi connectivity index (χ0n) is 25.0. The van der Waals surface area contributed by atoms with E-state index in [2.05, 4.69) is 21.9 Å². The van der Waals surface area contributed by atoms with Crippen LogP contribution in [-0.4, -0.2) is 67.8 Å². The largest absolute Gasteiger partial charge is 0.382 e. The van der Waals surface area contributed by atoms with Crippen LogP contribution >= 0.6 is 11.8 Å². The summed E-state index contributed by atoms with van der Waals surface area (Å²) >= 11 is 1.40. The molecule has 2 aliphatic rings. The monoisotopic (exact) mass is 617 g/mol. The van der Waals surface area contributed by atoms with Gasteiger partial charge >= 0.3 is 5.69 Å². The van der Waals surface area contributed by atoms with Crippen molar-refractivity contribution in [1.29, 1.82) is 0 Å². The fourth-order valence-corrected chi connectivity index (χ4v) is 6.96. The lowest BCUT2D eigenvalue weighted by Crippen LogP contribution is -2.58. The normalized spacial score (nSPS) is 18.3. The van der Waals surface area contributed by atoms with Crippen molar-refractivity contribution in [2.75, 3.05) is 35.6 Å². The maximum Gasteiger partial charge on any atom is 0.355 e. The average molecular weight is 618 g/mol. The van der Waals surface area contributed by atoms with Crippen LogP contribution in [0.15, 0.2) is 58.9 Å². The Hall–Kier alpha value is -4.32. The number of hydrogen-bond donors (Lipinski definition) is 1. The minimum atomic E-state index is -0.732. The van der Waals surface area contributed by atoms with Gasteiger partial charge in [0.25, 0.3) is 0 Å². The van der Waals surface area contributed by atoms with Gasteiger partial charge in [0.1, 0.15) is 17.3 Å². The second-order valence-corrected chi connectivity index (χ2v) is 12.6. The molecule has 1 amide bonds. The standard InChI is InChI=1S/C32H33F2N7O2S/c1-6-25(42)39-15-19(5)40(16-18(39)4)30-20-14-22(34)28-26-21(33)8-7-9-24(26)44-13-12-35-23-10-11-36-27(17(2)3)29(23)41(31(20)37-28)32(43)38-30/h6-11,14,17-19,35H,1,12-13,15-16H2,2-5H3/t18-,19+/m1/s1. The van der Waals surface area contributed by atoms with E-state index in [1.54, 1.807) is 29.3 Å². The third kappa shape index (κ3) is 5.00. The van der Waals surface area contributed by atoms with Crippen molar-refractivity contribution >= 4 is 40.2 Å². The molecule has 0 saturated carbocycles. The molecule has 1 N–H and O–H groups in total. The van der Waals surface area contributed by atoms with Crippen LogP contribution in [-0.2, 0) is 4.79 Å². The summed E-state index contributed by atoms with van der Waals surface area (Å²) in [6, 6.07) is 7.21. The molecule has 4 aromatic rings. The van der Waals surface area contributed by atoms with Crippen molar-refractivity contribution in [3.05, 3.63) is 77.0 Å². The summed E-state index contributed by atoms with van der Waals surface area (Å²) in [5, 5.41) is 3.72. The van der Waals surface area contributed by atoms with Crippen molar-refractivity contribution in [3.63, 3.8) is 0 Å². The minimum Gasteiger partial charge on any atom is -0.382 e. The molecule has 2 aliphatic heterocycles. The molecular formula is C32H33F2N7O2S. The Morgan fingerprint density at radius 1 is 1.14 bits per heavy atom. The number of piperazine rings is 1. The first-order chi connectivity index (χ1) is 21.1. The summed E-state index contributed by atoms with van der Waals surface area (Å²) < 4.78 is 33.0. The van der Waals surface area contributed by atoms with Crippen LogP contribution in [0.2, 0.25) is 0 Å². The molecule has 0 spiro atoms. The van der Waals surface area contributed by atoms with Crippen LogP contribution in [0.1, 0.15) is 39.3 Å². The number of hydrogen-bond acceptors (Lipinski definition) is 8. The lowest BCUT2D eigenvalue weighted by molar-refractivity contribution is -0.128. The Morgan fingerprint density at radius 3 is 2.68 bits per heavy atom. The predicted octanol–water partition coefficient (Wildman–Crippen LogP) is 5.37. The van der Waals surface area contributed by atoms with Gasteiger partial charge in [0.15, 0.2) is 11.5 Å². The summed E-state index contributed by atoms with van der Waals surface area (Å²) in [5.74, 6) is -0.801. The number of thioether (sulfide) groups is 1. The van der Waals surface area contributed by atoms with Gasteiger partial charge in [0.2, 0.25) is 5.91 Å². The van der Waals surface area contributed by atoms with Crippen LogP contribution in [0.4, 0.5) is 20.3 Å². The van der Waals surface area contributed by atoms with E-state index < -0.39 is 17.3 Å². The Balaban J connectivity index is 1.69. The third-order valence-electron chi connectivity index (χ3n) is 8.13. The molecule has 6 rings (SSSR count). The van der Waals surface area contributed by atoms with Gasteiger partial charge in [-0.2, -0.15) is 4.98 Å². The molecule has 0 unspecified atom stereocenters. The number of nitrogens with one attached hydrogen (secondary N) is 1. The zero-order valence-corrected chi connectivity index (χ0v) is 25.8. The average Bonchev–Trinajstić information content (AvgIpc) is 2.99. The molecule has 5 heterocycles. The first-order valence-electron chi connectivity index (χ1n) is 14.6. The fraction of sp³-hybridized carbons (Fsp3) is 0.344. The molecule has 3 aromatic heterocycles. The molecule has 44 heavy (non-hydrogen) atoms. The highest BCUT2D eigenvalue weighted by Crippen LogP contribution is 2.39. The van der Waals surface area contributed by atoms with Gasteiger partial charge in [0.05, 0.1) is 28.0 Å². The van der Waals surface area contributed by atoms with Gasteiger partial charge in [-0.25, -0.2) is 23.1 Å². The molecule has 0 radical (unpaired) electrons. The number of rotatable bonds is 3. The molecule has 9 nitrogen and oxygen atoms in total. The summed E-state index contributed by atoms with van der Waals surface area (Å²) in [5.41, 5.74) is 1.15. The Kier molecular flexibility index (Phi) is 7.87. The molecule has 1 saturated heterocycles. The van der Waals surface area contributed by atoms with Gasteiger partial charge in [-0.15, -0.1) is 11.8 Å². The van der Waals surface area contributed by atoms with Crippen LogP contribution < -0.4 is 15.9 Å². The lowest BCUT2D eigenvalue weighted by atomic mass is 10.0. The highest BCUT2D eigenvalue weighted by atomic mass is 32.2. The quantitative estimate of drug-likeness (QED) is 0.307. The van der Waals surface area contributed by atoms with Crippen molar-refractivity contribution in [3.8, 4) is 16.9 Å². The maximum atomic E-state index is 16.2. The SMILES string of the molecule is C=CC(=O)N1C[C@H](C)N(c2nc(=O)n3c4nc(c(F)cc24)-c2c(F)cccc2SCCNc2ccnc(C(C)C)c2-3)C[C@H]1C. The first-order valence-corrected chi connectivity index (χ1v) is 15.6. The zero-order chi connectivity index (χ0) is 31.3. The van der Waals surface area contributed by atoms with Crippen molar-refractivity contribution in [1.82, 2.24) is 24.4 Å². The van der Waals surface area contributed by atoms with E-state index >= 15 is 8.78 Å². The highest BCUT2D eigenvalue weighted by molar-refractivity contribution is 7.99. The Bertz CT molecular complexity index is 1860. The number of nitrogens with zero attached hydrogens (tertiary/aromatic N) is 6. The number of aromatic nitrogens is 4. The number of carbonyl (C=O) groups is 1. The van der Waals surface area contributed by atoms with E-state index in [-0.39, 0.29) is 46.6 Å². The van der Waals surface area contributed by atoms with E-state index in [0.29, 0.717) is 52.7 Å². The second-order valence-electron chi connectivity index (χ2n) is 11.4. The van der Waals surface area contributed by atoms with Crippen molar-refractivity contribution in [2.24, 2.45) is 0 Å². The molecule has 2 bridgehead atoms. The third-order valence-corrected chi connectivity index (χ3v) is 9.19. The molecular weight excluding hydrogens is 584 g/mol. The summed E-state index contributed by atoms with van der Waals surface area (Å²) in [7, 11) is 0. The smallest absolute Gasteiger partial charge is 0.355 e. The number of amides is 1. The van der Waals surface area contributed by atoms with Crippen LogP contribution in [0.5, 0.6) is 0 Å². The fourth-order valence-electron chi connectivity index (χ4n) is 6.02. The van der Waals surface area contributed by atoms with Gasteiger partial charge in [-0.05, 0) is 50.1 Å². The second kappa shape index (κ2) is 11.6. The van der Waals surface area contributed by atoms with Crippen LogP contribution in [0.3, 0.4) is 0 Å². The number of pyridine rings is 2. The number of benzene rings is 1. The molecule has 1 fully saturated rings. The predicted molar refractivity (Wildman–Crippen MR) is 170 cm³/mol. The summed E-state index contributed by atoms with van der Waals surface area (Å²) in [6.45, 7) is 12.6. The molecule has 0 aliphatic carbocycles. The summed E-state index contributed by atoms with van der Waals surface area (Å²) in [4.78, 5) is 44.8. The number of halogens is 2. The summed E-state index contributed by atoms with van der Waals surface area (Å²) in [6.07, 6.45) is 2.97. The number of fused-ring (bicyclic) bond motifs is 5. The maximum absolute atomic E-state index is 16.2. The number of carbonyl (C=O) groups excluding carboxylic acids is 1. The van der Waals surface area contributed by atoms with Crippen molar-refractivity contribution in [2.45, 2.75) is 50.6 Å². The molecule has 12 heteroatoms. The molecule has 2 atom stereocenters. The lowest BCUT2D eigenvalue weighted by Gasteiger charge is -2.44. The topological polar surface area (TPSA) is 96.3 Å². The van der Waals surface area contributed by atoms with E-state index in [9.17, 15) is 9.59 Å². The van der Waals surface area contributed by atoms with E-state index in [0.717, 1.165) is 0 Å². The Morgan fingerprint density at radius 2 is 1.93 bits per heavy atom. The van der Waals surface area contributed by atoms with Gasteiger partial charge in [-0.1, -0.05) is 26.5 Å². The van der Waals surface area contributed by atoms with Gasteiger partial charge < -0.3 is 15.1 Å². The van der Waals surface area contributed by atoms with E-state index in [1.165, 1.54) is 34.5 Å². The molecule has 228 valence electrons. The first kappa shape index (κ1) is 29.7. The van der Waals surface area contributed by atoms with E-state index in [1.807, 2.05) is 32.6 Å². The van der Waals surface area contributed by atoms with Gasteiger partial charge in [-0.3, -0.25) is 9.78 Å². The van der Waals surface area contributed by atoms with Crippen LogP contribution in [0, 0.1) is 11.6 Å². The van der Waals surface area contributed by atoms with Gasteiger partial charge in [0, 0.05) is 48.6 Å².